The summed E-state index contributed by atoms with van der Waals surface area (Å²) in [7, 11) is 0. The van der Waals surface area contributed by atoms with Gasteiger partial charge >= 0.3 is 0 Å². The fourth-order valence-corrected chi connectivity index (χ4v) is 5.20. The van der Waals surface area contributed by atoms with Crippen LogP contribution in [0.1, 0.15) is 61.1 Å². The summed E-state index contributed by atoms with van der Waals surface area (Å²) in [6.45, 7) is 2.81. The Morgan fingerprint density at radius 2 is 2.10 bits per heavy atom. The van der Waals surface area contributed by atoms with Crippen molar-refractivity contribution in [3.05, 3.63) is 68.6 Å². The standard InChI is InChI=1S/C23H24N4O4/c1-22-6-7-23(12-22,13-31-22)18-11-26-10-15(17(28)9-19(26)25-18)20(29)24-16-3-2-8-27(21(16)30)14-4-5-14/h2-3,8-11,14,25H,4-7,12-13H2,1H3,(H,24,29). The van der Waals surface area contributed by atoms with Gasteiger partial charge < -0.3 is 24.0 Å². The number of anilines is 1. The number of aromatic nitrogens is 3. The molecule has 3 fully saturated rings. The number of amides is 1. The smallest absolute Gasteiger partial charge is 0.274 e. The molecule has 0 aromatic carbocycles. The molecule has 31 heavy (non-hydrogen) atoms. The van der Waals surface area contributed by atoms with Crippen LogP contribution in [-0.2, 0) is 10.2 Å². The third-order valence-corrected chi connectivity index (χ3v) is 7.13. The molecule has 0 spiro atoms. The van der Waals surface area contributed by atoms with E-state index in [2.05, 4.69) is 17.2 Å². The van der Waals surface area contributed by atoms with Gasteiger partial charge in [-0.2, -0.15) is 0 Å². The fraction of sp³-hybridized carbons (Fsp3) is 0.435. The molecule has 2 unspecified atom stereocenters. The highest BCUT2D eigenvalue weighted by Gasteiger charge is 2.54. The molecule has 3 aromatic heterocycles. The van der Waals surface area contributed by atoms with E-state index in [1.165, 1.54) is 12.3 Å². The minimum atomic E-state index is -0.580. The second-order valence-corrected chi connectivity index (χ2v) is 9.53. The summed E-state index contributed by atoms with van der Waals surface area (Å²) in [5, 5.41) is 2.63. The zero-order valence-electron chi connectivity index (χ0n) is 17.3. The maximum atomic E-state index is 12.9. The number of ether oxygens (including phenoxy) is 1. The van der Waals surface area contributed by atoms with Gasteiger partial charge in [-0.3, -0.25) is 14.4 Å². The first-order valence-electron chi connectivity index (χ1n) is 10.8. The van der Waals surface area contributed by atoms with Gasteiger partial charge in [-0.05, 0) is 51.2 Å². The summed E-state index contributed by atoms with van der Waals surface area (Å²) in [5.41, 5.74) is 1.09. The Morgan fingerprint density at radius 1 is 1.26 bits per heavy atom. The van der Waals surface area contributed by atoms with E-state index in [0.717, 1.165) is 37.8 Å². The molecule has 2 bridgehead atoms. The molecule has 1 aliphatic heterocycles. The molecule has 3 aromatic rings. The molecular formula is C23H24N4O4. The molecule has 0 radical (unpaired) electrons. The van der Waals surface area contributed by atoms with Crippen LogP contribution in [0, 0.1) is 0 Å². The molecule has 8 nitrogen and oxygen atoms in total. The minimum Gasteiger partial charge on any atom is -0.374 e. The zero-order chi connectivity index (χ0) is 21.4. The molecular weight excluding hydrogens is 396 g/mol. The van der Waals surface area contributed by atoms with E-state index in [0.29, 0.717) is 12.3 Å². The number of nitrogens with zero attached hydrogens (tertiary/aromatic N) is 2. The third kappa shape index (κ3) is 2.89. The zero-order valence-corrected chi connectivity index (χ0v) is 17.3. The lowest BCUT2D eigenvalue weighted by Crippen LogP contribution is -2.27. The van der Waals surface area contributed by atoms with Gasteiger partial charge in [-0.25, -0.2) is 0 Å². The molecule has 1 amide bonds. The number of carbonyl (C=O) groups excluding carboxylic acids is 1. The molecule has 2 aliphatic carbocycles. The van der Waals surface area contributed by atoms with Crippen molar-refractivity contribution in [3.63, 3.8) is 0 Å². The topological polar surface area (TPSA) is 97.6 Å². The summed E-state index contributed by atoms with van der Waals surface area (Å²) < 4.78 is 9.42. The van der Waals surface area contributed by atoms with E-state index >= 15 is 0 Å². The van der Waals surface area contributed by atoms with Crippen LogP contribution in [0.5, 0.6) is 0 Å². The number of pyridine rings is 2. The highest BCUT2D eigenvalue weighted by molar-refractivity contribution is 6.04. The molecule has 160 valence electrons. The van der Waals surface area contributed by atoms with Crippen LogP contribution in [0.4, 0.5) is 5.69 Å². The van der Waals surface area contributed by atoms with Crippen LogP contribution < -0.4 is 16.3 Å². The largest absolute Gasteiger partial charge is 0.374 e. The summed E-state index contributed by atoms with van der Waals surface area (Å²) in [5.74, 6) is -0.580. The van der Waals surface area contributed by atoms with Gasteiger partial charge in [0.05, 0.1) is 12.2 Å². The van der Waals surface area contributed by atoms with Crippen molar-refractivity contribution in [2.45, 2.75) is 56.1 Å². The first-order valence-corrected chi connectivity index (χ1v) is 10.8. The summed E-state index contributed by atoms with van der Waals surface area (Å²) >= 11 is 0. The Bertz CT molecular complexity index is 1340. The number of rotatable bonds is 4. The summed E-state index contributed by atoms with van der Waals surface area (Å²) in [6, 6.07) is 4.95. The maximum Gasteiger partial charge on any atom is 0.274 e. The second-order valence-electron chi connectivity index (χ2n) is 9.53. The Hall–Kier alpha value is -3.13. The maximum absolute atomic E-state index is 12.9. The molecule has 2 atom stereocenters. The summed E-state index contributed by atoms with van der Waals surface area (Å²) in [6.07, 6.45) is 10.2. The van der Waals surface area contributed by atoms with Crippen molar-refractivity contribution < 1.29 is 9.53 Å². The van der Waals surface area contributed by atoms with E-state index in [-0.39, 0.29) is 39.3 Å². The predicted molar refractivity (Wildman–Crippen MR) is 115 cm³/mol. The molecule has 2 N–H and O–H groups in total. The lowest BCUT2D eigenvalue weighted by molar-refractivity contribution is -0.00627. The highest BCUT2D eigenvalue weighted by atomic mass is 16.5. The van der Waals surface area contributed by atoms with Crippen LogP contribution in [0.15, 0.2) is 46.4 Å². The van der Waals surface area contributed by atoms with E-state index in [4.69, 9.17) is 4.74 Å². The van der Waals surface area contributed by atoms with Crippen molar-refractivity contribution in [3.8, 4) is 0 Å². The number of aromatic amines is 1. The number of nitrogens with one attached hydrogen (secondary N) is 2. The third-order valence-electron chi connectivity index (χ3n) is 7.13. The van der Waals surface area contributed by atoms with Gasteiger partial charge in [-0.1, -0.05) is 0 Å². The average Bonchev–Trinajstić information content (AvgIpc) is 3.27. The molecule has 1 saturated heterocycles. The van der Waals surface area contributed by atoms with Crippen LogP contribution >= 0.6 is 0 Å². The molecule has 3 aliphatic rings. The van der Waals surface area contributed by atoms with Crippen molar-refractivity contribution in [2.24, 2.45) is 0 Å². The Morgan fingerprint density at radius 3 is 2.77 bits per heavy atom. The number of imidazole rings is 1. The molecule has 8 heteroatoms. The molecule has 4 heterocycles. The second kappa shape index (κ2) is 6.20. The van der Waals surface area contributed by atoms with Gasteiger partial charge in [-0.15, -0.1) is 0 Å². The predicted octanol–water partition coefficient (Wildman–Crippen LogP) is 2.59. The summed E-state index contributed by atoms with van der Waals surface area (Å²) in [4.78, 5) is 41.5. The number of fused-ring (bicyclic) bond motifs is 3. The van der Waals surface area contributed by atoms with Crippen LogP contribution in [0.3, 0.4) is 0 Å². The van der Waals surface area contributed by atoms with Gasteiger partial charge in [0.15, 0.2) is 5.43 Å². The molecule has 6 rings (SSSR count). The van der Waals surface area contributed by atoms with E-state index in [1.54, 1.807) is 27.3 Å². The van der Waals surface area contributed by atoms with E-state index in [1.807, 2.05) is 6.20 Å². The quantitative estimate of drug-likeness (QED) is 0.678. The first-order chi connectivity index (χ1) is 14.9. The van der Waals surface area contributed by atoms with Crippen molar-refractivity contribution in [1.82, 2.24) is 14.0 Å². The molecule has 2 saturated carbocycles. The SMILES string of the molecule is CC12CCC(c3cn4cc(C(=O)Nc5cccn(C6CC6)c5=O)c(=O)cc4[nH]3)(CO1)C2. The Balaban J connectivity index is 1.33. The first kappa shape index (κ1) is 18.6. The van der Waals surface area contributed by atoms with Gasteiger partial charge in [0, 0.05) is 41.8 Å². The Labute approximate surface area is 177 Å². The Kier molecular flexibility index (Phi) is 3.72. The van der Waals surface area contributed by atoms with Crippen molar-refractivity contribution >= 4 is 17.2 Å². The number of hydrogen-bond donors (Lipinski definition) is 2. The average molecular weight is 420 g/mol. The van der Waals surface area contributed by atoms with Gasteiger partial charge in [0.1, 0.15) is 16.9 Å². The normalized spacial score (nSPS) is 27.1. The number of hydrogen-bond acceptors (Lipinski definition) is 4. The number of carbonyl (C=O) groups is 1. The van der Waals surface area contributed by atoms with Gasteiger partial charge in [0.25, 0.3) is 11.5 Å². The van der Waals surface area contributed by atoms with Crippen LogP contribution in [-0.4, -0.2) is 32.1 Å². The van der Waals surface area contributed by atoms with Gasteiger partial charge in [0.2, 0.25) is 0 Å². The lowest BCUT2D eigenvalue weighted by Gasteiger charge is -2.25. The monoisotopic (exact) mass is 420 g/mol. The fourth-order valence-electron chi connectivity index (χ4n) is 5.20. The van der Waals surface area contributed by atoms with Crippen molar-refractivity contribution in [2.75, 3.05) is 11.9 Å². The van der Waals surface area contributed by atoms with Crippen LogP contribution in [0.2, 0.25) is 0 Å². The van der Waals surface area contributed by atoms with Crippen molar-refractivity contribution in [1.29, 1.82) is 0 Å². The van der Waals surface area contributed by atoms with Crippen LogP contribution in [0.25, 0.3) is 5.65 Å². The van der Waals surface area contributed by atoms with E-state index < -0.39 is 5.91 Å². The highest BCUT2D eigenvalue weighted by Crippen LogP contribution is 2.53. The number of H-pyrrole nitrogens is 1. The lowest BCUT2D eigenvalue weighted by atomic mass is 9.84. The minimum absolute atomic E-state index is 0.000655. The van der Waals surface area contributed by atoms with E-state index in [9.17, 15) is 14.4 Å².